The van der Waals surface area contributed by atoms with Crippen LogP contribution in [-0.4, -0.2) is 11.9 Å². The van der Waals surface area contributed by atoms with Crippen molar-refractivity contribution in [2.45, 2.75) is 52.0 Å². The number of β-lactam (4-membered cyclic amide) rings is 1. The summed E-state index contributed by atoms with van der Waals surface area (Å²) in [5.41, 5.74) is 0.0919. The van der Waals surface area contributed by atoms with E-state index in [0.717, 1.165) is 12.8 Å². The van der Waals surface area contributed by atoms with Gasteiger partial charge in [-0.15, -0.1) is 0 Å². The largest absolute Gasteiger partial charge is 0.351 e. The molecular weight excluding hydrogens is 162 g/mol. The van der Waals surface area contributed by atoms with Gasteiger partial charge < -0.3 is 5.32 Å². The van der Waals surface area contributed by atoms with E-state index in [1.807, 2.05) is 0 Å². The van der Waals surface area contributed by atoms with Crippen LogP contribution in [0, 0.1) is 11.3 Å². The molecule has 0 radical (unpaired) electrons. The quantitative estimate of drug-likeness (QED) is 0.664. The molecule has 13 heavy (non-hydrogen) atoms. The van der Waals surface area contributed by atoms with Crippen LogP contribution in [0.4, 0.5) is 0 Å². The fourth-order valence-corrected chi connectivity index (χ4v) is 2.89. The second kappa shape index (κ2) is 3.00. The summed E-state index contributed by atoms with van der Waals surface area (Å²) in [6.07, 6.45) is 5.99. The minimum absolute atomic E-state index is 0.0919. The van der Waals surface area contributed by atoms with Gasteiger partial charge in [-0.3, -0.25) is 4.79 Å². The Hall–Kier alpha value is -0.530. The van der Waals surface area contributed by atoms with Gasteiger partial charge in [-0.2, -0.15) is 0 Å². The number of carbonyl (C=O) groups is 1. The van der Waals surface area contributed by atoms with E-state index in [2.05, 4.69) is 19.2 Å². The summed E-state index contributed by atoms with van der Waals surface area (Å²) in [5.74, 6) is 0.995. The molecule has 1 saturated carbocycles. The zero-order valence-corrected chi connectivity index (χ0v) is 8.60. The first kappa shape index (κ1) is 9.04. The van der Waals surface area contributed by atoms with Gasteiger partial charge in [-0.05, 0) is 25.2 Å². The molecule has 2 aliphatic rings. The standard InChI is InChI=1S/C11H19NO/c1-3-5-8(2)9-11(6-4-7-11)10(13)12-9/h8-9H,3-7H2,1-2H3,(H,12,13). The first-order chi connectivity index (χ1) is 6.20. The highest BCUT2D eigenvalue weighted by Gasteiger charge is 2.59. The molecule has 1 aliphatic carbocycles. The van der Waals surface area contributed by atoms with E-state index < -0.39 is 0 Å². The predicted octanol–water partition coefficient (Wildman–Crippen LogP) is 2.09. The molecular formula is C11H19NO. The van der Waals surface area contributed by atoms with E-state index in [1.165, 1.54) is 19.3 Å². The highest BCUT2D eigenvalue weighted by Crippen LogP contribution is 2.51. The first-order valence-corrected chi connectivity index (χ1v) is 5.51. The molecule has 0 aromatic carbocycles. The third-order valence-electron chi connectivity index (χ3n) is 3.89. The van der Waals surface area contributed by atoms with Crippen molar-refractivity contribution >= 4 is 5.91 Å². The van der Waals surface area contributed by atoms with Gasteiger partial charge in [0.05, 0.1) is 5.41 Å². The van der Waals surface area contributed by atoms with Crippen LogP contribution in [0.2, 0.25) is 0 Å². The molecule has 2 unspecified atom stereocenters. The summed E-state index contributed by atoms with van der Waals surface area (Å²) in [6, 6.07) is 0.494. The van der Waals surface area contributed by atoms with Crippen molar-refractivity contribution in [2.24, 2.45) is 11.3 Å². The van der Waals surface area contributed by atoms with Crippen LogP contribution in [0.5, 0.6) is 0 Å². The number of amides is 1. The lowest BCUT2D eigenvalue weighted by Crippen LogP contribution is -2.71. The fourth-order valence-electron chi connectivity index (χ4n) is 2.89. The Morgan fingerprint density at radius 3 is 2.69 bits per heavy atom. The van der Waals surface area contributed by atoms with Crippen LogP contribution in [-0.2, 0) is 4.79 Å². The Bertz CT molecular complexity index is 220. The molecule has 1 aliphatic heterocycles. The second-order valence-corrected chi connectivity index (χ2v) is 4.73. The van der Waals surface area contributed by atoms with Crippen molar-refractivity contribution in [1.29, 1.82) is 0 Å². The van der Waals surface area contributed by atoms with Crippen LogP contribution in [0.3, 0.4) is 0 Å². The molecule has 0 bridgehead atoms. The van der Waals surface area contributed by atoms with Crippen LogP contribution >= 0.6 is 0 Å². The average Bonchev–Trinajstić information content (AvgIpc) is 1.97. The lowest BCUT2D eigenvalue weighted by molar-refractivity contribution is -0.158. The summed E-state index contributed by atoms with van der Waals surface area (Å²) in [6.45, 7) is 4.48. The lowest BCUT2D eigenvalue weighted by Gasteiger charge is -2.56. The molecule has 1 saturated heterocycles. The number of hydrogen-bond acceptors (Lipinski definition) is 1. The smallest absolute Gasteiger partial charge is 0.228 e. The van der Waals surface area contributed by atoms with Gasteiger partial charge in [0.25, 0.3) is 0 Å². The van der Waals surface area contributed by atoms with Crippen molar-refractivity contribution < 1.29 is 4.79 Å². The van der Waals surface area contributed by atoms with Crippen molar-refractivity contribution in [3.63, 3.8) is 0 Å². The van der Waals surface area contributed by atoms with Crippen LogP contribution < -0.4 is 5.32 Å². The fraction of sp³-hybridized carbons (Fsp3) is 0.909. The predicted molar refractivity (Wildman–Crippen MR) is 52.3 cm³/mol. The Balaban J connectivity index is 1.98. The van der Waals surface area contributed by atoms with E-state index in [-0.39, 0.29) is 5.41 Å². The maximum atomic E-state index is 11.4. The highest BCUT2D eigenvalue weighted by molar-refractivity contribution is 5.91. The monoisotopic (exact) mass is 181 g/mol. The summed E-state index contributed by atoms with van der Waals surface area (Å²) in [4.78, 5) is 11.4. The van der Waals surface area contributed by atoms with Gasteiger partial charge in [0, 0.05) is 6.04 Å². The van der Waals surface area contributed by atoms with Crippen LogP contribution in [0.25, 0.3) is 0 Å². The number of rotatable bonds is 3. The van der Waals surface area contributed by atoms with E-state index in [9.17, 15) is 4.79 Å². The number of hydrogen-bond donors (Lipinski definition) is 1. The van der Waals surface area contributed by atoms with Crippen molar-refractivity contribution in [3.05, 3.63) is 0 Å². The van der Waals surface area contributed by atoms with Crippen molar-refractivity contribution in [2.75, 3.05) is 0 Å². The van der Waals surface area contributed by atoms with E-state index in [1.54, 1.807) is 0 Å². The molecule has 2 rings (SSSR count). The Labute approximate surface area is 80.1 Å². The van der Waals surface area contributed by atoms with E-state index in [4.69, 9.17) is 0 Å². The molecule has 2 nitrogen and oxygen atoms in total. The topological polar surface area (TPSA) is 29.1 Å². The van der Waals surface area contributed by atoms with Crippen LogP contribution in [0.15, 0.2) is 0 Å². The molecule has 1 heterocycles. The third-order valence-corrected chi connectivity index (χ3v) is 3.89. The summed E-state index contributed by atoms with van der Waals surface area (Å²) in [5, 5.41) is 3.08. The van der Waals surface area contributed by atoms with Gasteiger partial charge in [-0.1, -0.05) is 26.7 Å². The maximum absolute atomic E-state index is 11.4. The SMILES string of the molecule is CCCC(C)C1NC(=O)C12CCC2. The van der Waals surface area contributed by atoms with Crippen molar-refractivity contribution in [1.82, 2.24) is 5.32 Å². The summed E-state index contributed by atoms with van der Waals surface area (Å²) >= 11 is 0. The molecule has 0 aromatic heterocycles. The first-order valence-electron chi connectivity index (χ1n) is 5.51. The van der Waals surface area contributed by atoms with E-state index in [0.29, 0.717) is 17.9 Å². The number of nitrogens with one attached hydrogen (secondary N) is 1. The molecule has 0 aromatic rings. The summed E-state index contributed by atoms with van der Waals surface area (Å²) < 4.78 is 0. The zero-order chi connectivity index (χ0) is 9.47. The van der Waals surface area contributed by atoms with Gasteiger partial charge >= 0.3 is 0 Å². The molecule has 2 atom stereocenters. The van der Waals surface area contributed by atoms with Crippen molar-refractivity contribution in [3.8, 4) is 0 Å². The molecule has 2 heteroatoms. The normalized spacial score (nSPS) is 31.8. The average molecular weight is 181 g/mol. The van der Waals surface area contributed by atoms with Gasteiger partial charge in [0.1, 0.15) is 0 Å². The molecule has 74 valence electrons. The van der Waals surface area contributed by atoms with Crippen LogP contribution in [0.1, 0.15) is 46.0 Å². The molecule has 1 N–H and O–H groups in total. The Morgan fingerprint density at radius 2 is 2.31 bits per heavy atom. The molecule has 1 amide bonds. The Morgan fingerprint density at radius 1 is 1.62 bits per heavy atom. The van der Waals surface area contributed by atoms with Gasteiger partial charge in [0.15, 0.2) is 0 Å². The highest BCUT2D eigenvalue weighted by atomic mass is 16.2. The van der Waals surface area contributed by atoms with Gasteiger partial charge in [0.2, 0.25) is 5.91 Å². The second-order valence-electron chi connectivity index (χ2n) is 4.73. The number of carbonyl (C=O) groups excluding carboxylic acids is 1. The molecule has 1 spiro atoms. The van der Waals surface area contributed by atoms with E-state index >= 15 is 0 Å². The third kappa shape index (κ3) is 1.11. The zero-order valence-electron chi connectivity index (χ0n) is 8.60. The maximum Gasteiger partial charge on any atom is 0.228 e. The lowest BCUT2D eigenvalue weighted by atomic mass is 9.55. The molecule has 2 fully saturated rings. The minimum atomic E-state index is 0.0919. The minimum Gasteiger partial charge on any atom is -0.351 e. The van der Waals surface area contributed by atoms with Gasteiger partial charge in [-0.25, -0.2) is 0 Å². The Kier molecular flexibility index (Phi) is 2.09. The summed E-state index contributed by atoms with van der Waals surface area (Å²) in [7, 11) is 0.